The number of aryl methyl sites for hydroxylation is 1. The van der Waals surface area contributed by atoms with E-state index >= 15 is 0 Å². The third-order valence-corrected chi connectivity index (χ3v) is 6.47. The summed E-state index contributed by atoms with van der Waals surface area (Å²) in [5.41, 5.74) is 7.23. The minimum Gasteiger partial charge on any atom is -0.395 e. The number of benzene rings is 2. The van der Waals surface area contributed by atoms with E-state index in [-0.39, 0.29) is 11.5 Å². The van der Waals surface area contributed by atoms with Crippen molar-refractivity contribution in [2.24, 2.45) is 11.7 Å². The largest absolute Gasteiger partial charge is 0.586 e. The number of hydrogen-bond donors (Lipinski definition) is 3. The van der Waals surface area contributed by atoms with E-state index in [0.717, 1.165) is 49.9 Å². The number of nitrogens with two attached hydrogens (primary N) is 2. The van der Waals surface area contributed by atoms with Crippen LogP contribution in [0.5, 0.6) is 11.5 Å². The van der Waals surface area contributed by atoms with Gasteiger partial charge in [-0.25, -0.2) is 9.97 Å². The molecule has 0 bridgehead atoms. The van der Waals surface area contributed by atoms with Gasteiger partial charge in [-0.2, -0.15) is 0 Å². The van der Waals surface area contributed by atoms with Crippen LogP contribution in [0, 0.1) is 6.92 Å². The monoisotopic (exact) mass is 525 g/mol. The number of rotatable bonds is 3. The molecule has 0 amide bonds. The lowest BCUT2D eigenvalue weighted by Gasteiger charge is -2.15. The fourth-order valence-corrected chi connectivity index (χ4v) is 4.88. The van der Waals surface area contributed by atoms with E-state index in [1.54, 1.807) is 24.8 Å². The van der Waals surface area contributed by atoms with Gasteiger partial charge in [-0.15, -0.1) is 8.78 Å². The summed E-state index contributed by atoms with van der Waals surface area (Å²) in [7, 11) is 0. The summed E-state index contributed by atoms with van der Waals surface area (Å²) in [6, 6.07) is 16.4. The number of alkyl halides is 2. The number of ether oxygens (including phenoxy) is 2. The normalized spacial score (nSPS) is 13.4. The highest BCUT2D eigenvalue weighted by Gasteiger charge is 2.43. The number of fused-ring (bicyclic) bond motifs is 3. The highest BCUT2D eigenvalue weighted by Crippen LogP contribution is 2.44. The molecule has 0 radical (unpaired) electrons. The molecule has 0 saturated carbocycles. The van der Waals surface area contributed by atoms with Gasteiger partial charge in [0.1, 0.15) is 6.33 Å². The molecule has 11 heteroatoms. The summed E-state index contributed by atoms with van der Waals surface area (Å²) >= 11 is 0. The summed E-state index contributed by atoms with van der Waals surface area (Å²) in [6.45, 7) is 2.03. The second-order valence-corrected chi connectivity index (χ2v) is 8.70. The topological polar surface area (TPSA) is 138 Å². The number of H-pyrrole nitrogens is 1. The van der Waals surface area contributed by atoms with Gasteiger partial charge in [0, 0.05) is 40.7 Å². The van der Waals surface area contributed by atoms with Crippen LogP contribution in [-0.2, 0) is 0 Å². The Morgan fingerprint density at radius 3 is 2.49 bits per heavy atom. The predicted molar refractivity (Wildman–Crippen MR) is 143 cm³/mol. The van der Waals surface area contributed by atoms with Crippen LogP contribution in [-0.4, -0.2) is 31.2 Å². The van der Waals surface area contributed by atoms with Gasteiger partial charge in [-0.05, 0) is 60.3 Å². The smallest absolute Gasteiger partial charge is 0.395 e. The highest BCUT2D eigenvalue weighted by atomic mass is 19.3. The Hall–Kier alpha value is -5.00. The quantitative estimate of drug-likeness (QED) is 0.208. The molecule has 0 unspecified atom stereocenters. The number of pyridine rings is 2. The van der Waals surface area contributed by atoms with Gasteiger partial charge in [-0.3, -0.25) is 21.7 Å². The number of aromatic amines is 1. The molecule has 1 aliphatic heterocycles. The maximum absolute atomic E-state index is 13.6. The van der Waals surface area contributed by atoms with E-state index < -0.39 is 6.29 Å². The van der Waals surface area contributed by atoms with Gasteiger partial charge < -0.3 is 14.5 Å². The Kier molecular flexibility index (Phi) is 5.86. The average Bonchev–Trinajstić information content (AvgIpc) is 3.56. The Bertz CT molecular complexity index is 1860. The number of nitrogens with one attached hydrogen (secondary N) is 1. The van der Waals surface area contributed by atoms with E-state index in [2.05, 4.69) is 41.1 Å². The fraction of sp³-hybridized carbons (Fsp3) is 0.0714. The summed E-state index contributed by atoms with van der Waals surface area (Å²) in [5, 5.41) is 1.77. The molecule has 6 aromatic rings. The molecule has 2 aromatic carbocycles. The first-order chi connectivity index (χ1) is 19.0. The molecule has 5 heterocycles. The maximum Gasteiger partial charge on any atom is 0.586 e. The standard InChI is InChI=1S/C28H17F2N5O2.H4N2/c1-15-4-6-18-17(8-11-32-24(18)16-5-7-21-22(13-16)37-28(29,30)36-21)23(15)25-19(3-2-10-31-25)26-27-20(9-12-33-27)34-14-35-26;1-2/h2-14,33H,1H3;1-2H2. The van der Waals surface area contributed by atoms with E-state index in [1.807, 2.05) is 49.5 Å². The summed E-state index contributed by atoms with van der Waals surface area (Å²) < 4.78 is 36.4. The molecule has 0 spiro atoms. The van der Waals surface area contributed by atoms with Gasteiger partial charge >= 0.3 is 6.29 Å². The van der Waals surface area contributed by atoms with E-state index in [0.29, 0.717) is 11.3 Å². The minimum absolute atomic E-state index is 0.0101. The first-order valence-corrected chi connectivity index (χ1v) is 11.8. The molecule has 4 aromatic heterocycles. The zero-order valence-corrected chi connectivity index (χ0v) is 20.5. The molecule has 1 aliphatic rings. The SMILES string of the molecule is Cc1ccc2c(-c3ccc4c(c3)OC(F)(F)O4)nccc2c1-c1ncccc1-c1ncnc2cc[nH]c12.NN. The van der Waals surface area contributed by atoms with Crippen LogP contribution in [0.15, 0.2) is 79.5 Å². The number of nitrogens with zero attached hydrogens (tertiary/aromatic N) is 4. The Morgan fingerprint density at radius 1 is 0.795 bits per heavy atom. The molecule has 0 aliphatic carbocycles. The summed E-state index contributed by atoms with van der Waals surface area (Å²) in [4.78, 5) is 21.5. The Morgan fingerprint density at radius 2 is 1.62 bits per heavy atom. The van der Waals surface area contributed by atoms with Gasteiger partial charge in [0.15, 0.2) is 11.5 Å². The van der Waals surface area contributed by atoms with Crippen LogP contribution in [0.4, 0.5) is 8.78 Å². The molecule has 39 heavy (non-hydrogen) atoms. The van der Waals surface area contributed by atoms with Crippen molar-refractivity contribution >= 4 is 21.8 Å². The van der Waals surface area contributed by atoms with Crippen molar-refractivity contribution in [2.45, 2.75) is 13.2 Å². The van der Waals surface area contributed by atoms with Crippen molar-refractivity contribution < 1.29 is 18.3 Å². The van der Waals surface area contributed by atoms with E-state index in [9.17, 15) is 8.78 Å². The maximum atomic E-state index is 13.6. The van der Waals surface area contributed by atoms with Gasteiger partial charge in [0.25, 0.3) is 0 Å². The number of aromatic nitrogens is 5. The van der Waals surface area contributed by atoms with Crippen LogP contribution in [0.2, 0.25) is 0 Å². The van der Waals surface area contributed by atoms with Crippen LogP contribution in [0.3, 0.4) is 0 Å². The molecule has 0 saturated heterocycles. The van der Waals surface area contributed by atoms with Crippen molar-refractivity contribution in [2.75, 3.05) is 0 Å². The molecule has 0 fully saturated rings. The number of hydrazine groups is 1. The van der Waals surface area contributed by atoms with Crippen molar-refractivity contribution in [1.82, 2.24) is 24.9 Å². The predicted octanol–water partition coefficient (Wildman–Crippen LogP) is 5.35. The highest BCUT2D eigenvalue weighted by molar-refractivity contribution is 6.06. The third-order valence-electron chi connectivity index (χ3n) is 6.47. The summed E-state index contributed by atoms with van der Waals surface area (Å²) in [5.74, 6) is 7.96. The van der Waals surface area contributed by atoms with Crippen LogP contribution >= 0.6 is 0 Å². The average molecular weight is 526 g/mol. The van der Waals surface area contributed by atoms with E-state index in [1.165, 1.54) is 12.1 Å². The van der Waals surface area contributed by atoms with Gasteiger partial charge in [0.2, 0.25) is 0 Å². The first-order valence-electron chi connectivity index (χ1n) is 11.8. The molecule has 0 atom stereocenters. The van der Waals surface area contributed by atoms with Crippen LogP contribution in [0.1, 0.15) is 5.56 Å². The lowest BCUT2D eigenvalue weighted by Crippen LogP contribution is -2.25. The first kappa shape index (κ1) is 24.3. The molecule has 9 nitrogen and oxygen atoms in total. The molecule has 7 rings (SSSR count). The van der Waals surface area contributed by atoms with Crippen molar-refractivity contribution in [3.63, 3.8) is 0 Å². The van der Waals surface area contributed by atoms with Crippen LogP contribution < -0.4 is 21.2 Å². The minimum atomic E-state index is -3.68. The third kappa shape index (κ3) is 4.10. The molecule has 194 valence electrons. The zero-order valence-electron chi connectivity index (χ0n) is 20.5. The summed E-state index contributed by atoms with van der Waals surface area (Å²) in [6.07, 6.45) is 3.16. The van der Waals surface area contributed by atoms with Gasteiger partial charge in [0.05, 0.1) is 28.1 Å². The number of halogens is 2. The Labute approximate surface area is 220 Å². The number of hydrogen-bond acceptors (Lipinski definition) is 8. The Balaban J connectivity index is 0.00000135. The van der Waals surface area contributed by atoms with Crippen molar-refractivity contribution in [3.05, 3.63) is 85.1 Å². The molecule has 5 N–H and O–H groups in total. The van der Waals surface area contributed by atoms with Crippen molar-refractivity contribution in [1.29, 1.82) is 0 Å². The lowest BCUT2D eigenvalue weighted by atomic mass is 9.92. The second kappa shape index (κ2) is 9.39. The fourth-order valence-electron chi connectivity index (χ4n) is 4.88. The van der Waals surface area contributed by atoms with Crippen molar-refractivity contribution in [3.8, 4) is 45.3 Å². The van der Waals surface area contributed by atoms with Gasteiger partial charge in [-0.1, -0.05) is 12.1 Å². The molecular formula is C28H21F2N7O2. The van der Waals surface area contributed by atoms with Crippen LogP contribution in [0.25, 0.3) is 55.6 Å². The molecular weight excluding hydrogens is 504 g/mol. The zero-order chi connectivity index (χ0) is 27.1. The lowest BCUT2D eigenvalue weighted by molar-refractivity contribution is -0.286. The second-order valence-electron chi connectivity index (χ2n) is 8.70. The van der Waals surface area contributed by atoms with E-state index in [4.69, 9.17) is 4.98 Å².